The normalized spacial score (nSPS) is 16.0. The smallest absolute Gasteiger partial charge is 0.453 e. The average Bonchev–Trinajstić information content (AvgIpc) is 3.73. The summed E-state index contributed by atoms with van der Waals surface area (Å²) in [6.07, 6.45) is -2.67. The molecule has 1 fully saturated rings. The van der Waals surface area contributed by atoms with Crippen LogP contribution in [0.2, 0.25) is 0 Å². The molecule has 0 bridgehead atoms. The number of carbonyl (C=O) groups excluding carboxylic acids is 1. The van der Waals surface area contributed by atoms with E-state index in [9.17, 15) is 26.4 Å². The van der Waals surface area contributed by atoms with Crippen LogP contribution in [0.4, 0.5) is 18.9 Å². The Labute approximate surface area is 255 Å². The third-order valence-corrected chi connectivity index (χ3v) is 11.4. The van der Waals surface area contributed by atoms with Gasteiger partial charge in [-0.05, 0) is 50.3 Å². The van der Waals surface area contributed by atoms with Crippen molar-refractivity contribution in [2.24, 2.45) is 0 Å². The summed E-state index contributed by atoms with van der Waals surface area (Å²) in [5.74, 6) is -2.15. The van der Waals surface area contributed by atoms with E-state index < -0.39 is 27.8 Å². The van der Waals surface area contributed by atoms with E-state index in [2.05, 4.69) is 14.9 Å². The highest BCUT2D eigenvalue weighted by molar-refractivity contribution is 7.94. The molecule has 15 heteroatoms. The number of hydrogen-bond donors (Lipinski definition) is 1. The number of nitrogens with one attached hydrogen (secondary N) is 1. The van der Waals surface area contributed by atoms with Crippen LogP contribution in [0.3, 0.4) is 0 Å². The van der Waals surface area contributed by atoms with E-state index in [4.69, 9.17) is 9.47 Å². The van der Waals surface area contributed by atoms with Gasteiger partial charge < -0.3 is 14.5 Å². The first-order valence-electron chi connectivity index (χ1n) is 13.6. The Balaban J connectivity index is 1.32. The number of H-pyrrole nitrogens is 1. The van der Waals surface area contributed by atoms with Gasteiger partial charge in [0.1, 0.15) is 14.8 Å². The van der Waals surface area contributed by atoms with E-state index in [0.717, 1.165) is 32.3 Å². The zero-order chi connectivity index (χ0) is 30.8. The van der Waals surface area contributed by atoms with Crippen molar-refractivity contribution < 1.29 is 35.9 Å². The number of halogens is 3. The van der Waals surface area contributed by atoms with Crippen LogP contribution in [0, 0.1) is 0 Å². The number of fused-ring (bicyclic) bond motifs is 1. The molecule has 4 aromatic rings. The number of likely N-dealkylation sites (tertiary alicyclic amines) is 1. The van der Waals surface area contributed by atoms with E-state index in [1.807, 2.05) is 25.1 Å². The number of esters is 1. The maximum absolute atomic E-state index is 13.6. The van der Waals surface area contributed by atoms with Gasteiger partial charge in [0.15, 0.2) is 0 Å². The second-order valence-corrected chi connectivity index (χ2v) is 14.5. The topological polar surface area (TPSA) is 105 Å². The minimum absolute atomic E-state index is 0.146. The van der Waals surface area contributed by atoms with E-state index in [1.54, 1.807) is 29.8 Å². The molecule has 1 aliphatic rings. The van der Waals surface area contributed by atoms with Crippen LogP contribution in [0.5, 0.6) is 0 Å². The lowest BCUT2D eigenvalue weighted by molar-refractivity contribution is -0.216. The van der Waals surface area contributed by atoms with Crippen LogP contribution in [-0.2, 0) is 30.8 Å². The number of para-hydroxylation sites is 1. The predicted molar refractivity (Wildman–Crippen MR) is 160 cm³/mol. The second-order valence-electron chi connectivity index (χ2n) is 10.4. The summed E-state index contributed by atoms with van der Waals surface area (Å²) in [5.41, 5.74) is 0.755. The number of rotatable bonds is 11. The van der Waals surface area contributed by atoms with Crippen molar-refractivity contribution in [3.63, 3.8) is 0 Å². The molecule has 9 nitrogen and oxygen atoms in total. The Kier molecular flexibility index (Phi) is 9.18. The number of hydrogen-bond acceptors (Lipinski definition) is 9. The predicted octanol–water partition coefficient (Wildman–Crippen LogP) is 6.04. The number of ether oxygens (including phenoxy) is 2. The van der Waals surface area contributed by atoms with Gasteiger partial charge in [-0.3, -0.25) is 9.21 Å². The first kappa shape index (κ1) is 31.4. The Morgan fingerprint density at radius 3 is 2.65 bits per heavy atom. The Morgan fingerprint density at radius 1 is 1.21 bits per heavy atom. The molecular formula is C28H31F3N4O5S3. The summed E-state index contributed by atoms with van der Waals surface area (Å²) < 4.78 is 77.1. The van der Waals surface area contributed by atoms with Crippen LogP contribution >= 0.6 is 22.7 Å². The Hall–Kier alpha value is -2.98. The largest absolute Gasteiger partial charge is 0.490 e. The lowest BCUT2D eigenvalue weighted by atomic mass is 9.93. The number of carbonyl (C=O) groups is 1. The summed E-state index contributed by atoms with van der Waals surface area (Å²) in [4.78, 5) is 22.3. The third kappa shape index (κ3) is 7.06. The summed E-state index contributed by atoms with van der Waals surface area (Å²) in [6, 6.07) is 10.7. The maximum Gasteiger partial charge on any atom is 0.490 e. The molecule has 1 N–H and O–H groups in total. The standard InChI is InChI=1S/C28H31F3N4O5S3/c1-3-39-14-13-35(43(37,38)23-8-5-15-41-23)22-7-4-6-19-16-21(33-24(19)22)25-32-17-20(42-25)18-34-11-9-27(2,10-12-34)40-26(36)28(29,30)31/h4-8,15-17,33H,3,9-14,18H2,1-2H3. The summed E-state index contributed by atoms with van der Waals surface area (Å²) >= 11 is 2.63. The fraction of sp³-hybridized carbons (Fsp3) is 0.429. The van der Waals surface area contributed by atoms with Gasteiger partial charge in [0.25, 0.3) is 10.0 Å². The molecule has 1 aliphatic heterocycles. The van der Waals surface area contributed by atoms with Gasteiger partial charge in [-0.25, -0.2) is 18.2 Å². The van der Waals surface area contributed by atoms with Gasteiger partial charge in [-0.15, -0.1) is 22.7 Å². The molecule has 0 saturated carbocycles. The van der Waals surface area contributed by atoms with Crippen LogP contribution in [-0.4, -0.2) is 73.9 Å². The van der Waals surface area contributed by atoms with Gasteiger partial charge >= 0.3 is 12.1 Å². The number of alkyl halides is 3. The minimum Gasteiger partial charge on any atom is -0.453 e. The molecule has 0 atom stereocenters. The third-order valence-electron chi connectivity index (χ3n) is 7.23. The van der Waals surface area contributed by atoms with E-state index in [1.165, 1.54) is 22.6 Å². The van der Waals surface area contributed by atoms with Crippen molar-refractivity contribution in [2.45, 2.75) is 49.2 Å². The van der Waals surface area contributed by atoms with Gasteiger partial charge in [0.05, 0.1) is 30.0 Å². The van der Waals surface area contributed by atoms with Crippen molar-refractivity contribution in [3.8, 4) is 10.7 Å². The highest BCUT2D eigenvalue weighted by Gasteiger charge is 2.45. The quantitative estimate of drug-likeness (QED) is 0.155. The van der Waals surface area contributed by atoms with Gasteiger partial charge in [0, 0.05) is 42.7 Å². The molecule has 0 unspecified atom stereocenters. The van der Waals surface area contributed by atoms with Crippen molar-refractivity contribution in [3.05, 3.63) is 52.9 Å². The number of anilines is 1. The van der Waals surface area contributed by atoms with Crippen LogP contribution < -0.4 is 4.31 Å². The molecule has 0 spiro atoms. The maximum atomic E-state index is 13.6. The lowest BCUT2D eigenvalue weighted by Gasteiger charge is -2.38. The first-order chi connectivity index (χ1) is 20.4. The van der Waals surface area contributed by atoms with E-state index in [0.29, 0.717) is 50.3 Å². The molecule has 232 valence electrons. The van der Waals surface area contributed by atoms with E-state index in [-0.39, 0.29) is 17.4 Å². The van der Waals surface area contributed by atoms with Gasteiger partial charge in [0.2, 0.25) is 0 Å². The number of sulfonamides is 1. The molecule has 5 rings (SSSR count). The minimum atomic E-state index is -5.01. The number of aromatic amines is 1. The monoisotopic (exact) mass is 656 g/mol. The lowest BCUT2D eigenvalue weighted by Crippen LogP contribution is -2.46. The molecule has 0 radical (unpaired) electrons. The summed E-state index contributed by atoms with van der Waals surface area (Å²) in [6.45, 7) is 5.74. The zero-order valence-corrected chi connectivity index (χ0v) is 26.0. The fourth-order valence-electron chi connectivity index (χ4n) is 4.94. The van der Waals surface area contributed by atoms with Crippen molar-refractivity contribution in [2.75, 3.05) is 37.2 Å². The number of piperidine rings is 1. The van der Waals surface area contributed by atoms with Crippen molar-refractivity contribution in [1.82, 2.24) is 14.9 Å². The average molecular weight is 657 g/mol. The zero-order valence-electron chi connectivity index (χ0n) is 23.5. The van der Waals surface area contributed by atoms with Gasteiger partial charge in [-0.2, -0.15) is 13.2 Å². The number of thiophene rings is 1. The highest BCUT2D eigenvalue weighted by Crippen LogP contribution is 2.36. The summed E-state index contributed by atoms with van der Waals surface area (Å²) in [5, 5.41) is 3.28. The molecule has 4 heterocycles. The van der Waals surface area contributed by atoms with Crippen molar-refractivity contribution in [1.29, 1.82) is 0 Å². The Morgan fingerprint density at radius 2 is 1.98 bits per heavy atom. The van der Waals surface area contributed by atoms with E-state index >= 15 is 0 Å². The molecular weight excluding hydrogens is 626 g/mol. The summed E-state index contributed by atoms with van der Waals surface area (Å²) in [7, 11) is -3.82. The molecule has 1 saturated heterocycles. The van der Waals surface area contributed by atoms with Crippen molar-refractivity contribution >= 4 is 55.3 Å². The highest BCUT2D eigenvalue weighted by atomic mass is 32.2. The molecule has 3 aromatic heterocycles. The van der Waals surface area contributed by atoms with Crippen LogP contribution in [0.25, 0.3) is 21.6 Å². The molecule has 43 heavy (non-hydrogen) atoms. The number of thiazole rings is 1. The van der Waals surface area contributed by atoms with Crippen LogP contribution in [0.1, 0.15) is 31.6 Å². The fourth-order valence-corrected chi connectivity index (χ4v) is 8.43. The number of nitrogens with zero attached hydrogens (tertiary/aromatic N) is 3. The number of benzene rings is 1. The number of aromatic nitrogens is 2. The Bertz CT molecular complexity index is 1660. The van der Waals surface area contributed by atoms with Crippen LogP contribution in [0.15, 0.2) is 52.2 Å². The molecule has 1 aromatic carbocycles. The van der Waals surface area contributed by atoms with Gasteiger partial charge in [-0.1, -0.05) is 18.2 Å². The SMILES string of the molecule is CCOCCN(c1cccc2cc(-c3ncc(CN4CCC(C)(OC(=O)C(F)(F)F)CC4)s3)[nH]c12)S(=O)(=O)c1cccs1. The first-order valence-corrected chi connectivity index (χ1v) is 16.8. The molecule has 0 aliphatic carbocycles. The second kappa shape index (κ2) is 12.6. The molecule has 0 amide bonds.